The molecular weight excluding hydrogens is 384 g/mol. The lowest BCUT2D eigenvalue weighted by molar-refractivity contribution is 0.0523. The molecule has 1 amide bonds. The molecule has 1 aliphatic carbocycles. The number of aryl methyl sites for hydroxylation is 1. The van der Waals surface area contributed by atoms with E-state index in [9.17, 15) is 9.59 Å². The van der Waals surface area contributed by atoms with Crippen molar-refractivity contribution in [2.75, 3.05) is 20.2 Å². The van der Waals surface area contributed by atoms with Crippen molar-refractivity contribution in [1.29, 1.82) is 0 Å². The van der Waals surface area contributed by atoms with Crippen molar-refractivity contribution >= 4 is 38.2 Å². The Morgan fingerprint density at radius 1 is 1.14 bits per heavy atom. The Hall–Kier alpha value is -2.34. The molecule has 1 saturated carbocycles. The number of nitrogens with zero attached hydrogens (tertiary/aromatic N) is 2. The van der Waals surface area contributed by atoms with Crippen LogP contribution in [0.2, 0.25) is 0 Å². The molecule has 6 heteroatoms. The zero-order chi connectivity index (χ0) is 20.1. The van der Waals surface area contributed by atoms with Crippen LogP contribution < -0.4 is 10.3 Å². The number of rotatable bonds is 2. The Bertz CT molecular complexity index is 1160. The second-order valence-electron chi connectivity index (χ2n) is 8.39. The van der Waals surface area contributed by atoms with Gasteiger partial charge >= 0.3 is 0 Å². The molecule has 1 aliphatic heterocycles. The second-order valence-corrected chi connectivity index (χ2v) is 9.41. The number of amides is 1. The van der Waals surface area contributed by atoms with Gasteiger partial charge in [0.2, 0.25) is 0 Å². The molecule has 0 spiro atoms. The quantitative estimate of drug-likeness (QED) is 0.629. The molecule has 1 saturated heterocycles. The van der Waals surface area contributed by atoms with E-state index in [0.717, 1.165) is 41.0 Å². The predicted octanol–water partition coefficient (Wildman–Crippen LogP) is 4.41. The van der Waals surface area contributed by atoms with E-state index in [0.29, 0.717) is 21.9 Å². The minimum atomic E-state index is -0.114. The summed E-state index contributed by atoms with van der Waals surface area (Å²) >= 11 is 1.40. The number of ether oxygens (including phenoxy) is 1. The maximum atomic E-state index is 13.5. The van der Waals surface area contributed by atoms with Gasteiger partial charge in [-0.3, -0.25) is 9.59 Å². The van der Waals surface area contributed by atoms with Gasteiger partial charge in [-0.1, -0.05) is 37.5 Å². The van der Waals surface area contributed by atoms with E-state index >= 15 is 0 Å². The summed E-state index contributed by atoms with van der Waals surface area (Å²) in [5.41, 5.74) is 0.757. The molecule has 0 radical (unpaired) electrons. The lowest BCUT2D eigenvalue weighted by Gasteiger charge is -2.41. The minimum Gasteiger partial charge on any atom is -0.494 e. The van der Waals surface area contributed by atoms with Crippen LogP contribution in [0.4, 0.5) is 0 Å². The lowest BCUT2D eigenvalue weighted by atomic mass is 9.75. The number of benzene rings is 1. The first-order valence-corrected chi connectivity index (χ1v) is 11.3. The van der Waals surface area contributed by atoms with Crippen LogP contribution in [0.15, 0.2) is 29.1 Å². The molecule has 2 aromatic heterocycles. The number of fused-ring (bicyclic) bond motifs is 4. The molecule has 29 heavy (non-hydrogen) atoms. The Morgan fingerprint density at radius 2 is 1.90 bits per heavy atom. The number of carbonyl (C=O) groups is 1. The van der Waals surface area contributed by atoms with Gasteiger partial charge in [0.25, 0.3) is 11.5 Å². The van der Waals surface area contributed by atoms with Gasteiger partial charge in [-0.25, -0.2) is 0 Å². The summed E-state index contributed by atoms with van der Waals surface area (Å²) < 4.78 is 8.14. The highest BCUT2D eigenvalue weighted by molar-refractivity contribution is 7.22. The van der Waals surface area contributed by atoms with Crippen molar-refractivity contribution in [2.45, 2.75) is 32.1 Å². The largest absolute Gasteiger partial charge is 0.494 e. The van der Waals surface area contributed by atoms with Crippen molar-refractivity contribution in [3.05, 3.63) is 39.5 Å². The van der Waals surface area contributed by atoms with Crippen molar-refractivity contribution in [1.82, 2.24) is 9.47 Å². The SMILES string of the molecule is COc1c(C(=O)N2CCC3CCCCC3C2)sc2c1c(=O)n(C)c1ccccc21. The Labute approximate surface area is 173 Å². The van der Waals surface area contributed by atoms with E-state index in [4.69, 9.17) is 4.74 Å². The average molecular weight is 411 g/mol. The fourth-order valence-electron chi connectivity index (χ4n) is 5.30. The van der Waals surface area contributed by atoms with Crippen molar-refractivity contribution in [2.24, 2.45) is 18.9 Å². The third-order valence-corrected chi connectivity index (χ3v) is 8.06. The number of aromatic nitrogens is 1. The highest BCUT2D eigenvalue weighted by Gasteiger charge is 2.35. The van der Waals surface area contributed by atoms with E-state index in [1.807, 2.05) is 29.2 Å². The number of carbonyl (C=O) groups excluding carboxylic acids is 1. The van der Waals surface area contributed by atoms with E-state index in [1.165, 1.54) is 37.0 Å². The van der Waals surface area contributed by atoms with Crippen LogP contribution >= 0.6 is 11.3 Å². The molecule has 3 aromatic rings. The predicted molar refractivity (Wildman–Crippen MR) is 117 cm³/mol. The van der Waals surface area contributed by atoms with Gasteiger partial charge in [0.05, 0.1) is 17.3 Å². The summed E-state index contributed by atoms with van der Waals surface area (Å²) in [6.07, 6.45) is 6.23. The third kappa shape index (κ3) is 2.88. The van der Waals surface area contributed by atoms with Crippen molar-refractivity contribution < 1.29 is 9.53 Å². The number of piperidine rings is 1. The van der Waals surface area contributed by atoms with E-state index in [2.05, 4.69) is 0 Å². The average Bonchev–Trinajstić information content (AvgIpc) is 3.16. The Morgan fingerprint density at radius 3 is 2.69 bits per heavy atom. The molecule has 2 aliphatic rings. The van der Waals surface area contributed by atoms with Crippen molar-refractivity contribution in [3.63, 3.8) is 0 Å². The summed E-state index contributed by atoms with van der Waals surface area (Å²) in [7, 11) is 3.33. The standard InChI is InChI=1S/C23H26N2O3S/c1-24-17-10-6-5-9-16(17)20-18(22(24)26)19(28-2)21(29-20)23(27)25-12-11-14-7-3-4-8-15(14)13-25/h5-6,9-10,14-15H,3-4,7-8,11-13H2,1-2H3. The van der Waals surface area contributed by atoms with Gasteiger partial charge in [0, 0.05) is 25.5 Å². The number of para-hydroxylation sites is 1. The molecule has 2 fully saturated rings. The van der Waals surface area contributed by atoms with E-state index in [-0.39, 0.29) is 11.5 Å². The van der Waals surface area contributed by atoms with Crippen LogP contribution in [-0.4, -0.2) is 35.6 Å². The highest BCUT2D eigenvalue weighted by atomic mass is 32.1. The van der Waals surface area contributed by atoms with Gasteiger partial charge < -0.3 is 14.2 Å². The summed E-state index contributed by atoms with van der Waals surface area (Å²) in [4.78, 5) is 29.1. The maximum Gasteiger partial charge on any atom is 0.267 e. The monoisotopic (exact) mass is 410 g/mol. The molecule has 152 valence electrons. The van der Waals surface area contributed by atoms with Gasteiger partial charge in [-0.2, -0.15) is 0 Å². The molecule has 5 rings (SSSR count). The first kappa shape index (κ1) is 18.7. The topological polar surface area (TPSA) is 51.5 Å². The molecule has 3 heterocycles. The molecule has 0 N–H and O–H groups in total. The van der Waals surface area contributed by atoms with E-state index in [1.54, 1.807) is 18.7 Å². The Kier molecular flexibility index (Phi) is 4.62. The molecule has 2 unspecified atom stereocenters. The maximum absolute atomic E-state index is 13.5. The van der Waals surface area contributed by atoms with Crippen LogP contribution in [0.1, 0.15) is 41.8 Å². The first-order chi connectivity index (χ1) is 14.1. The van der Waals surface area contributed by atoms with Crippen LogP contribution in [0, 0.1) is 11.8 Å². The van der Waals surface area contributed by atoms with Crippen LogP contribution in [-0.2, 0) is 7.05 Å². The third-order valence-electron chi connectivity index (χ3n) is 6.87. The summed E-state index contributed by atoms with van der Waals surface area (Å²) in [5.74, 6) is 1.84. The molecule has 2 atom stereocenters. The second kappa shape index (κ2) is 7.17. The summed E-state index contributed by atoms with van der Waals surface area (Å²) in [6.45, 7) is 1.63. The lowest BCUT2D eigenvalue weighted by Crippen LogP contribution is -2.44. The van der Waals surface area contributed by atoms with Crippen molar-refractivity contribution in [3.8, 4) is 5.75 Å². The van der Waals surface area contributed by atoms with Crippen LogP contribution in [0.3, 0.4) is 0 Å². The number of likely N-dealkylation sites (tertiary alicyclic amines) is 1. The Balaban J connectivity index is 1.62. The first-order valence-electron chi connectivity index (χ1n) is 10.5. The normalized spacial score (nSPS) is 22.1. The molecular formula is C23H26N2O3S. The minimum absolute atomic E-state index is 0.0122. The number of methoxy groups -OCH3 is 1. The molecule has 0 bridgehead atoms. The van der Waals surface area contributed by atoms with Gasteiger partial charge in [0.15, 0.2) is 5.75 Å². The van der Waals surface area contributed by atoms with Gasteiger partial charge in [-0.05, 0) is 30.7 Å². The van der Waals surface area contributed by atoms with Gasteiger partial charge in [0.1, 0.15) is 10.3 Å². The fraction of sp³-hybridized carbons (Fsp3) is 0.478. The highest BCUT2D eigenvalue weighted by Crippen LogP contribution is 2.42. The summed E-state index contributed by atoms with van der Waals surface area (Å²) in [6, 6.07) is 7.85. The molecule has 5 nitrogen and oxygen atoms in total. The number of hydrogen-bond donors (Lipinski definition) is 0. The van der Waals surface area contributed by atoms with Crippen LogP contribution in [0.25, 0.3) is 21.0 Å². The zero-order valence-corrected chi connectivity index (χ0v) is 17.8. The number of thiophene rings is 1. The van der Waals surface area contributed by atoms with Crippen LogP contribution in [0.5, 0.6) is 5.75 Å². The molecule has 1 aromatic carbocycles. The van der Waals surface area contributed by atoms with E-state index < -0.39 is 0 Å². The zero-order valence-electron chi connectivity index (χ0n) is 16.9. The smallest absolute Gasteiger partial charge is 0.267 e. The number of pyridine rings is 1. The fourth-order valence-corrected chi connectivity index (χ4v) is 6.56. The summed E-state index contributed by atoms with van der Waals surface area (Å²) in [5, 5.41) is 1.51. The van der Waals surface area contributed by atoms with Gasteiger partial charge in [-0.15, -0.1) is 11.3 Å². The number of hydrogen-bond acceptors (Lipinski definition) is 4.